The molecule has 0 aliphatic carbocycles. The van der Waals surface area contributed by atoms with E-state index in [2.05, 4.69) is 26.0 Å². The van der Waals surface area contributed by atoms with E-state index < -0.39 is 0 Å². The zero-order chi connectivity index (χ0) is 12.0. The van der Waals surface area contributed by atoms with Crippen LogP contribution in [0.3, 0.4) is 0 Å². The van der Waals surface area contributed by atoms with Crippen LogP contribution in [0.1, 0.15) is 28.3 Å². The molecule has 2 N–H and O–H groups in total. The molecular weight excluding hydrogens is 238 g/mol. The average molecular weight is 259 g/mol. The van der Waals surface area contributed by atoms with Crippen molar-refractivity contribution in [2.24, 2.45) is 5.73 Å². The first-order chi connectivity index (χ1) is 7.69. The first-order valence-corrected chi connectivity index (χ1v) is 7.48. The molecule has 0 spiro atoms. The van der Waals surface area contributed by atoms with E-state index >= 15 is 0 Å². The monoisotopic (exact) mass is 259 g/mol. The Hall–Kier alpha value is -0.0300. The second-order valence-corrected chi connectivity index (χ2v) is 6.37. The molecule has 0 bridgehead atoms. The van der Waals surface area contributed by atoms with E-state index in [-0.39, 0.29) is 6.04 Å². The van der Waals surface area contributed by atoms with Crippen LogP contribution in [0.2, 0.25) is 0 Å². The van der Waals surface area contributed by atoms with E-state index in [0.717, 1.165) is 18.8 Å². The molecule has 1 rings (SSSR count). The molecule has 0 saturated carbocycles. The highest BCUT2D eigenvalue weighted by Gasteiger charge is 2.20. The van der Waals surface area contributed by atoms with Crippen LogP contribution >= 0.6 is 23.1 Å². The van der Waals surface area contributed by atoms with E-state index in [9.17, 15) is 0 Å². The van der Waals surface area contributed by atoms with Crippen LogP contribution in [0, 0.1) is 6.92 Å². The van der Waals surface area contributed by atoms with E-state index in [1.807, 2.05) is 23.1 Å². The minimum Gasteiger partial charge on any atom is -0.384 e. The molecule has 1 aromatic rings. The zero-order valence-corrected chi connectivity index (χ0v) is 11.9. The van der Waals surface area contributed by atoms with E-state index in [1.54, 1.807) is 7.11 Å². The van der Waals surface area contributed by atoms with Crippen molar-refractivity contribution in [1.29, 1.82) is 0 Å². The number of aryl methyl sites for hydroxylation is 1. The Balaban J connectivity index is 2.63. The molecule has 4 heteroatoms. The molecule has 2 nitrogen and oxygen atoms in total. The third-order valence-corrected chi connectivity index (χ3v) is 5.08. The van der Waals surface area contributed by atoms with Crippen molar-refractivity contribution in [3.8, 4) is 0 Å². The van der Waals surface area contributed by atoms with Crippen molar-refractivity contribution < 1.29 is 4.74 Å². The van der Waals surface area contributed by atoms with Crippen molar-refractivity contribution in [2.75, 3.05) is 19.5 Å². The van der Waals surface area contributed by atoms with Crippen LogP contribution in [0.5, 0.6) is 0 Å². The van der Waals surface area contributed by atoms with E-state index in [0.29, 0.717) is 5.25 Å². The van der Waals surface area contributed by atoms with Gasteiger partial charge in [-0.2, -0.15) is 0 Å². The normalized spacial score (nSPS) is 15.0. The maximum absolute atomic E-state index is 6.19. The molecule has 0 aliphatic rings. The lowest BCUT2D eigenvalue weighted by Crippen LogP contribution is -2.25. The van der Waals surface area contributed by atoms with Crippen LogP contribution < -0.4 is 5.73 Å². The fraction of sp³-hybridized carbons (Fsp3) is 0.667. The third-order valence-electron chi connectivity index (χ3n) is 2.49. The fourth-order valence-corrected chi connectivity index (χ4v) is 3.98. The molecule has 0 saturated heterocycles. The van der Waals surface area contributed by atoms with Gasteiger partial charge in [-0.1, -0.05) is 6.92 Å². The summed E-state index contributed by atoms with van der Waals surface area (Å²) in [6, 6.07) is 4.62. The van der Waals surface area contributed by atoms with E-state index in [1.165, 1.54) is 9.75 Å². The van der Waals surface area contributed by atoms with Gasteiger partial charge in [0.25, 0.3) is 0 Å². The predicted octanol–water partition coefficient (Wildman–Crippen LogP) is 3.21. The van der Waals surface area contributed by atoms with Crippen LogP contribution in [-0.2, 0) is 4.74 Å². The van der Waals surface area contributed by atoms with Gasteiger partial charge in [0.1, 0.15) is 0 Å². The maximum Gasteiger partial charge on any atom is 0.0553 e. The van der Waals surface area contributed by atoms with Crippen molar-refractivity contribution in [3.63, 3.8) is 0 Å². The standard InChI is InChI=1S/C12H21NOS2/c1-4-10(13)12(15-8-7-14-3)11-6-5-9(2)16-11/h5-6,10,12H,4,7-8,13H2,1-3H3. The van der Waals surface area contributed by atoms with Crippen molar-refractivity contribution >= 4 is 23.1 Å². The maximum atomic E-state index is 6.19. The Morgan fingerprint density at radius 3 is 2.75 bits per heavy atom. The molecule has 0 amide bonds. The Morgan fingerprint density at radius 2 is 2.25 bits per heavy atom. The van der Waals surface area contributed by atoms with Crippen molar-refractivity contribution in [1.82, 2.24) is 0 Å². The quantitative estimate of drug-likeness (QED) is 0.764. The summed E-state index contributed by atoms with van der Waals surface area (Å²) < 4.78 is 5.09. The summed E-state index contributed by atoms with van der Waals surface area (Å²) in [6.07, 6.45) is 1.02. The highest BCUT2D eigenvalue weighted by atomic mass is 32.2. The van der Waals surface area contributed by atoms with Gasteiger partial charge in [0.05, 0.1) is 11.9 Å². The largest absolute Gasteiger partial charge is 0.384 e. The van der Waals surface area contributed by atoms with Crippen LogP contribution in [0.25, 0.3) is 0 Å². The lowest BCUT2D eigenvalue weighted by atomic mass is 10.1. The third kappa shape index (κ3) is 4.09. The molecule has 0 aromatic carbocycles. The summed E-state index contributed by atoms with van der Waals surface area (Å²) in [5, 5.41) is 0.416. The fourth-order valence-electron chi connectivity index (χ4n) is 1.50. The van der Waals surface area contributed by atoms with Crippen LogP contribution in [0.15, 0.2) is 12.1 Å². The van der Waals surface area contributed by atoms with Gasteiger partial charge in [0.2, 0.25) is 0 Å². The summed E-state index contributed by atoms with van der Waals surface area (Å²) in [4.78, 5) is 2.75. The Bertz CT molecular complexity index is 301. The summed E-state index contributed by atoms with van der Waals surface area (Å²) >= 11 is 3.76. The van der Waals surface area contributed by atoms with Crippen molar-refractivity contribution in [2.45, 2.75) is 31.6 Å². The minimum absolute atomic E-state index is 0.236. The predicted molar refractivity (Wildman–Crippen MR) is 74.4 cm³/mol. The molecule has 2 atom stereocenters. The summed E-state index contributed by atoms with van der Waals surface area (Å²) in [5.74, 6) is 1.01. The molecule has 0 fully saturated rings. The van der Waals surface area contributed by atoms with Gasteiger partial charge in [-0.3, -0.25) is 0 Å². The second kappa shape index (κ2) is 7.33. The number of nitrogens with two attached hydrogens (primary N) is 1. The van der Waals surface area contributed by atoms with Gasteiger partial charge in [-0.05, 0) is 25.5 Å². The SMILES string of the molecule is CCC(N)C(SCCOC)c1ccc(C)s1. The number of hydrogen-bond acceptors (Lipinski definition) is 4. The van der Waals surface area contributed by atoms with Gasteiger partial charge in [-0.15, -0.1) is 23.1 Å². The molecular formula is C12H21NOS2. The lowest BCUT2D eigenvalue weighted by Gasteiger charge is -2.21. The first-order valence-electron chi connectivity index (χ1n) is 5.61. The lowest BCUT2D eigenvalue weighted by molar-refractivity contribution is 0.218. The summed E-state index contributed by atoms with van der Waals surface area (Å²) in [7, 11) is 1.74. The highest BCUT2D eigenvalue weighted by molar-refractivity contribution is 7.99. The van der Waals surface area contributed by atoms with E-state index in [4.69, 9.17) is 10.5 Å². The number of ether oxygens (including phenoxy) is 1. The zero-order valence-electron chi connectivity index (χ0n) is 10.2. The Kier molecular flexibility index (Phi) is 6.43. The average Bonchev–Trinajstić information content (AvgIpc) is 2.70. The highest BCUT2D eigenvalue weighted by Crippen LogP contribution is 2.36. The number of methoxy groups -OCH3 is 1. The van der Waals surface area contributed by atoms with Crippen LogP contribution in [-0.4, -0.2) is 25.5 Å². The topological polar surface area (TPSA) is 35.2 Å². The van der Waals surface area contributed by atoms with Gasteiger partial charge in [-0.25, -0.2) is 0 Å². The molecule has 16 heavy (non-hydrogen) atoms. The number of thiophene rings is 1. The number of thioether (sulfide) groups is 1. The van der Waals surface area contributed by atoms with Gasteiger partial charge in [0, 0.05) is 28.7 Å². The minimum atomic E-state index is 0.236. The number of rotatable bonds is 7. The molecule has 0 radical (unpaired) electrons. The van der Waals surface area contributed by atoms with Gasteiger partial charge in [0.15, 0.2) is 0 Å². The number of hydrogen-bond donors (Lipinski definition) is 1. The summed E-state index contributed by atoms with van der Waals surface area (Å²) in [6.45, 7) is 5.08. The second-order valence-electron chi connectivity index (χ2n) is 3.80. The van der Waals surface area contributed by atoms with Gasteiger partial charge >= 0.3 is 0 Å². The van der Waals surface area contributed by atoms with Gasteiger partial charge < -0.3 is 10.5 Å². The Morgan fingerprint density at radius 1 is 1.50 bits per heavy atom. The first kappa shape index (κ1) is 14.0. The molecule has 2 unspecified atom stereocenters. The molecule has 0 aliphatic heterocycles. The van der Waals surface area contributed by atoms with Crippen LogP contribution in [0.4, 0.5) is 0 Å². The smallest absolute Gasteiger partial charge is 0.0553 e. The Labute approximate surface area is 107 Å². The molecule has 92 valence electrons. The van der Waals surface area contributed by atoms with Crippen molar-refractivity contribution in [3.05, 3.63) is 21.9 Å². The summed E-state index contributed by atoms with van der Waals surface area (Å²) in [5.41, 5.74) is 6.19. The molecule has 1 aromatic heterocycles. The molecule has 1 heterocycles.